The average Bonchev–Trinajstić information content (AvgIpc) is 2.65. The van der Waals surface area contributed by atoms with E-state index in [-0.39, 0.29) is 24.2 Å². The summed E-state index contributed by atoms with van der Waals surface area (Å²) in [6.45, 7) is 4.15. The summed E-state index contributed by atoms with van der Waals surface area (Å²) >= 11 is 0. The van der Waals surface area contributed by atoms with E-state index in [1.165, 1.54) is 0 Å². The molecule has 0 bridgehead atoms. The summed E-state index contributed by atoms with van der Waals surface area (Å²) < 4.78 is 5.33. The van der Waals surface area contributed by atoms with Crippen LogP contribution >= 0.6 is 0 Å². The predicted octanol–water partition coefficient (Wildman–Crippen LogP) is 3.67. The third-order valence-electron chi connectivity index (χ3n) is 4.00. The van der Waals surface area contributed by atoms with Crippen LogP contribution in [0.15, 0.2) is 60.7 Å². The van der Waals surface area contributed by atoms with Gasteiger partial charge < -0.3 is 10.1 Å². The molecule has 0 aliphatic carbocycles. The van der Waals surface area contributed by atoms with Crippen molar-refractivity contribution in [2.24, 2.45) is 0 Å². The Morgan fingerprint density at radius 2 is 1.48 bits per heavy atom. The second kappa shape index (κ2) is 9.62. The van der Waals surface area contributed by atoms with Crippen LogP contribution in [0.25, 0.3) is 0 Å². The van der Waals surface area contributed by atoms with Crippen molar-refractivity contribution in [2.45, 2.75) is 38.7 Å². The maximum atomic E-state index is 12.4. The second-order valence-corrected chi connectivity index (χ2v) is 6.00. The van der Waals surface area contributed by atoms with E-state index >= 15 is 0 Å². The van der Waals surface area contributed by atoms with Gasteiger partial charge in [-0.15, -0.1) is 0 Å². The van der Waals surface area contributed by atoms with Gasteiger partial charge in [0.2, 0.25) is 0 Å². The van der Waals surface area contributed by atoms with Gasteiger partial charge in [0, 0.05) is 12.5 Å². The highest BCUT2D eigenvalue weighted by Crippen LogP contribution is 2.28. The molecule has 1 atom stereocenters. The lowest BCUT2D eigenvalue weighted by atomic mass is 9.88. The fourth-order valence-corrected chi connectivity index (χ4v) is 2.66. The lowest BCUT2D eigenvalue weighted by Gasteiger charge is -2.19. The molecule has 1 amide bonds. The lowest BCUT2D eigenvalue weighted by Crippen LogP contribution is -2.36. The SMILES string of the molecule is CCCNC(=O)C(C)OC(=O)CC(c1ccccc1)c1ccccc1. The van der Waals surface area contributed by atoms with Crippen LogP contribution in [-0.2, 0) is 14.3 Å². The minimum atomic E-state index is -0.786. The van der Waals surface area contributed by atoms with E-state index in [9.17, 15) is 9.59 Å². The summed E-state index contributed by atoms with van der Waals surface area (Å²) in [6.07, 6.45) is 0.252. The van der Waals surface area contributed by atoms with Crippen LogP contribution in [0.1, 0.15) is 43.7 Å². The van der Waals surface area contributed by atoms with E-state index in [1.807, 2.05) is 67.6 Å². The van der Waals surface area contributed by atoms with Crippen LogP contribution in [-0.4, -0.2) is 24.5 Å². The maximum absolute atomic E-state index is 12.4. The zero-order chi connectivity index (χ0) is 18.1. The Bertz CT molecular complexity index is 631. The first-order chi connectivity index (χ1) is 12.1. The zero-order valence-electron chi connectivity index (χ0n) is 14.8. The van der Waals surface area contributed by atoms with E-state index in [4.69, 9.17) is 4.74 Å². The Labute approximate surface area is 149 Å². The fourth-order valence-electron chi connectivity index (χ4n) is 2.66. The molecular formula is C21H25NO3. The number of carbonyl (C=O) groups excluding carboxylic acids is 2. The second-order valence-electron chi connectivity index (χ2n) is 6.00. The van der Waals surface area contributed by atoms with Gasteiger partial charge in [0.1, 0.15) is 0 Å². The van der Waals surface area contributed by atoms with Gasteiger partial charge in [-0.05, 0) is 24.5 Å². The van der Waals surface area contributed by atoms with Crippen molar-refractivity contribution in [3.05, 3.63) is 71.8 Å². The molecular weight excluding hydrogens is 314 g/mol. The molecule has 2 rings (SSSR count). The van der Waals surface area contributed by atoms with Crippen LogP contribution in [0.3, 0.4) is 0 Å². The molecule has 0 heterocycles. The quantitative estimate of drug-likeness (QED) is 0.747. The summed E-state index contributed by atoms with van der Waals surface area (Å²) in [5.74, 6) is -0.733. The third-order valence-corrected chi connectivity index (χ3v) is 4.00. The average molecular weight is 339 g/mol. The molecule has 0 aliphatic rings. The minimum Gasteiger partial charge on any atom is -0.453 e. The molecule has 1 N–H and O–H groups in total. The summed E-state index contributed by atoms with van der Waals surface area (Å²) in [4.78, 5) is 24.3. The maximum Gasteiger partial charge on any atom is 0.307 e. The Morgan fingerprint density at radius 1 is 0.960 bits per heavy atom. The molecule has 4 nitrogen and oxygen atoms in total. The molecule has 2 aromatic carbocycles. The van der Waals surface area contributed by atoms with E-state index in [0.29, 0.717) is 6.54 Å². The largest absolute Gasteiger partial charge is 0.453 e. The fraction of sp³-hybridized carbons (Fsp3) is 0.333. The summed E-state index contributed by atoms with van der Waals surface area (Å²) in [7, 11) is 0. The summed E-state index contributed by atoms with van der Waals surface area (Å²) in [5.41, 5.74) is 2.10. The van der Waals surface area contributed by atoms with Crippen molar-refractivity contribution in [3.63, 3.8) is 0 Å². The first-order valence-corrected chi connectivity index (χ1v) is 8.69. The first-order valence-electron chi connectivity index (χ1n) is 8.69. The molecule has 0 fully saturated rings. The number of hydrogen-bond donors (Lipinski definition) is 1. The summed E-state index contributed by atoms with van der Waals surface area (Å²) in [6, 6.07) is 19.7. The number of benzene rings is 2. The Morgan fingerprint density at radius 3 is 1.96 bits per heavy atom. The molecule has 2 aromatic rings. The van der Waals surface area contributed by atoms with Crippen LogP contribution in [0, 0.1) is 0 Å². The number of rotatable bonds is 8. The Hall–Kier alpha value is -2.62. The lowest BCUT2D eigenvalue weighted by molar-refractivity contribution is -0.155. The molecule has 1 unspecified atom stereocenters. The highest BCUT2D eigenvalue weighted by molar-refractivity contribution is 5.83. The van der Waals surface area contributed by atoms with Crippen molar-refractivity contribution < 1.29 is 14.3 Å². The van der Waals surface area contributed by atoms with E-state index < -0.39 is 6.10 Å². The molecule has 0 saturated heterocycles. The standard InChI is InChI=1S/C21H25NO3/c1-3-14-22-21(24)16(2)25-20(23)15-19(17-10-6-4-7-11-17)18-12-8-5-9-13-18/h4-13,16,19H,3,14-15H2,1-2H3,(H,22,24). The van der Waals surface area contributed by atoms with Crippen molar-refractivity contribution in [2.75, 3.05) is 6.54 Å². The highest BCUT2D eigenvalue weighted by Gasteiger charge is 2.22. The van der Waals surface area contributed by atoms with Gasteiger partial charge in [-0.2, -0.15) is 0 Å². The molecule has 0 radical (unpaired) electrons. The predicted molar refractivity (Wildman–Crippen MR) is 98.2 cm³/mol. The van der Waals surface area contributed by atoms with E-state index in [0.717, 1.165) is 17.5 Å². The number of hydrogen-bond acceptors (Lipinski definition) is 3. The smallest absolute Gasteiger partial charge is 0.307 e. The minimum absolute atomic E-state index is 0.0965. The van der Waals surface area contributed by atoms with Gasteiger partial charge >= 0.3 is 5.97 Å². The molecule has 0 spiro atoms. The zero-order valence-corrected chi connectivity index (χ0v) is 14.8. The van der Waals surface area contributed by atoms with E-state index in [1.54, 1.807) is 6.92 Å². The molecule has 0 aromatic heterocycles. The normalized spacial score (nSPS) is 11.8. The van der Waals surface area contributed by atoms with Crippen molar-refractivity contribution in [1.82, 2.24) is 5.32 Å². The van der Waals surface area contributed by atoms with Crippen LogP contribution in [0.5, 0.6) is 0 Å². The van der Waals surface area contributed by atoms with Gasteiger partial charge in [0.25, 0.3) is 5.91 Å². The van der Waals surface area contributed by atoms with Crippen molar-refractivity contribution >= 4 is 11.9 Å². The topological polar surface area (TPSA) is 55.4 Å². The number of carbonyl (C=O) groups is 2. The van der Waals surface area contributed by atoms with Gasteiger partial charge in [-0.25, -0.2) is 0 Å². The number of esters is 1. The van der Waals surface area contributed by atoms with Crippen LogP contribution in [0.4, 0.5) is 0 Å². The Kier molecular flexibility index (Phi) is 7.20. The van der Waals surface area contributed by atoms with Crippen LogP contribution < -0.4 is 5.32 Å². The number of amides is 1. The number of ether oxygens (including phenoxy) is 1. The van der Waals surface area contributed by atoms with Crippen molar-refractivity contribution in [1.29, 1.82) is 0 Å². The third kappa shape index (κ3) is 5.75. The Balaban J connectivity index is 2.07. The molecule has 25 heavy (non-hydrogen) atoms. The summed E-state index contributed by atoms with van der Waals surface area (Å²) in [5, 5.41) is 2.74. The van der Waals surface area contributed by atoms with Crippen molar-refractivity contribution in [3.8, 4) is 0 Å². The van der Waals surface area contributed by atoms with E-state index in [2.05, 4.69) is 5.32 Å². The van der Waals surface area contributed by atoms with Gasteiger partial charge in [0.05, 0.1) is 6.42 Å². The highest BCUT2D eigenvalue weighted by atomic mass is 16.5. The van der Waals surface area contributed by atoms with Crippen LogP contribution in [0.2, 0.25) is 0 Å². The monoisotopic (exact) mass is 339 g/mol. The molecule has 4 heteroatoms. The van der Waals surface area contributed by atoms with Gasteiger partial charge in [0.15, 0.2) is 6.10 Å². The number of nitrogens with one attached hydrogen (secondary N) is 1. The van der Waals surface area contributed by atoms with Gasteiger partial charge in [-0.3, -0.25) is 9.59 Å². The van der Waals surface area contributed by atoms with Gasteiger partial charge in [-0.1, -0.05) is 67.6 Å². The molecule has 132 valence electrons. The molecule has 0 saturated carbocycles. The molecule has 0 aliphatic heterocycles. The first kappa shape index (κ1) is 18.7.